The Labute approximate surface area is 159 Å². The number of hydrogen-bond acceptors (Lipinski definition) is 4. The third-order valence-corrected chi connectivity index (χ3v) is 5.79. The maximum atomic E-state index is 12.6. The minimum atomic E-state index is -4.75. The highest BCUT2D eigenvalue weighted by atomic mass is 32.2. The molecule has 1 aliphatic heterocycles. The Morgan fingerprint density at radius 1 is 1.15 bits per heavy atom. The Morgan fingerprint density at radius 2 is 1.78 bits per heavy atom. The van der Waals surface area contributed by atoms with Crippen molar-refractivity contribution in [1.29, 1.82) is 0 Å². The van der Waals surface area contributed by atoms with Crippen LogP contribution in [-0.4, -0.2) is 29.0 Å². The smallest absolute Gasteiger partial charge is 0.406 e. The molecule has 0 unspecified atom stereocenters. The van der Waals surface area contributed by atoms with E-state index in [0.717, 1.165) is 37.4 Å². The third-order valence-electron chi connectivity index (χ3n) is 4.89. The predicted octanol–water partition coefficient (Wildman–Crippen LogP) is 5.59. The molecule has 0 N–H and O–H groups in total. The van der Waals surface area contributed by atoms with Crippen LogP contribution >= 0.6 is 11.8 Å². The van der Waals surface area contributed by atoms with Crippen molar-refractivity contribution in [3.8, 4) is 5.75 Å². The number of amides is 2. The first-order valence-corrected chi connectivity index (χ1v) is 9.58. The minimum Gasteiger partial charge on any atom is -0.406 e. The van der Waals surface area contributed by atoms with Crippen LogP contribution in [0.3, 0.4) is 0 Å². The van der Waals surface area contributed by atoms with Crippen LogP contribution in [0.15, 0.2) is 29.2 Å². The van der Waals surface area contributed by atoms with E-state index in [2.05, 4.69) is 11.7 Å². The van der Waals surface area contributed by atoms with Crippen LogP contribution in [0.2, 0.25) is 0 Å². The average Bonchev–Trinajstić information content (AvgIpc) is 2.83. The number of thioether (sulfide) groups is 1. The molecule has 0 aromatic heterocycles. The van der Waals surface area contributed by atoms with Crippen LogP contribution in [-0.2, 0) is 4.79 Å². The molecule has 0 atom stereocenters. The lowest BCUT2D eigenvalue weighted by Crippen LogP contribution is -2.39. The lowest BCUT2D eigenvalue weighted by atomic mass is 9.75. The van der Waals surface area contributed by atoms with Gasteiger partial charge >= 0.3 is 6.36 Å². The van der Waals surface area contributed by atoms with Crippen molar-refractivity contribution in [1.82, 2.24) is 4.90 Å². The standard InChI is InChI=1S/C19H20F3NO3S/c1-18(9-3-2-4-10-18)12-23-16(24)15(27-17(23)25)11-13-5-7-14(8-6-13)26-19(20,21)22/h5-8,11H,2-4,9-10,12H2,1H3/b15-11+. The Balaban J connectivity index is 1.70. The lowest BCUT2D eigenvalue weighted by molar-refractivity contribution is -0.274. The molecular formula is C19H20F3NO3S. The van der Waals surface area contributed by atoms with Crippen molar-refractivity contribution in [3.63, 3.8) is 0 Å². The summed E-state index contributed by atoms with van der Waals surface area (Å²) >= 11 is 0.865. The van der Waals surface area contributed by atoms with Gasteiger partial charge in [0.1, 0.15) is 5.75 Å². The molecule has 1 saturated heterocycles. The SMILES string of the molecule is CC1(CN2C(=O)S/C(=C/c3ccc(OC(F)(F)F)cc3)C2=O)CCCCC1. The zero-order chi connectivity index (χ0) is 19.7. The maximum Gasteiger partial charge on any atom is 0.573 e. The number of ether oxygens (including phenoxy) is 1. The highest BCUT2D eigenvalue weighted by Gasteiger charge is 2.40. The van der Waals surface area contributed by atoms with E-state index in [4.69, 9.17) is 0 Å². The summed E-state index contributed by atoms with van der Waals surface area (Å²) in [5.41, 5.74) is 0.481. The fourth-order valence-electron chi connectivity index (χ4n) is 3.50. The highest BCUT2D eigenvalue weighted by molar-refractivity contribution is 8.18. The minimum absolute atomic E-state index is 0.0455. The van der Waals surface area contributed by atoms with Crippen LogP contribution in [0.1, 0.15) is 44.6 Å². The second kappa shape index (κ2) is 7.58. The van der Waals surface area contributed by atoms with Gasteiger partial charge in [-0.15, -0.1) is 13.2 Å². The number of nitrogens with zero attached hydrogens (tertiary/aromatic N) is 1. The normalized spacial score (nSPS) is 21.8. The van der Waals surface area contributed by atoms with Crippen molar-refractivity contribution < 1.29 is 27.5 Å². The van der Waals surface area contributed by atoms with Crippen LogP contribution in [0.25, 0.3) is 6.08 Å². The third kappa shape index (κ3) is 5.06. The molecule has 4 nitrogen and oxygen atoms in total. The Hall–Kier alpha value is -1.96. The van der Waals surface area contributed by atoms with E-state index in [-0.39, 0.29) is 27.2 Å². The molecule has 146 valence electrons. The van der Waals surface area contributed by atoms with Crippen LogP contribution in [0.5, 0.6) is 5.75 Å². The molecule has 1 heterocycles. The van der Waals surface area contributed by atoms with E-state index in [1.165, 1.54) is 41.7 Å². The Morgan fingerprint density at radius 3 is 2.37 bits per heavy atom. The molecule has 2 fully saturated rings. The molecule has 1 aromatic carbocycles. The monoisotopic (exact) mass is 399 g/mol. The maximum absolute atomic E-state index is 12.6. The van der Waals surface area contributed by atoms with E-state index < -0.39 is 6.36 Å². The number of imide groups is 1. The molecule has 1 aliphatic carbocycles. The summed E-state index contributed by atoms with van der Waals surface area (Å²) in [6.45, 7) is 2.52. The summed E-state index contributed by atoms with van der Waals surface area (Å²) in [6.07, 6.45) is 2.16. The summed E-state index contributed by atoms with van der Waals surface area (Å²) in [4.78, 5) is 26.5. The topological polar surface area (TPSA) is 46.6 Å². The Bertz CT molecular complexity index is 752. The lowest BCUT2D eigenvalue weighted by Gasteiger charge is -2.35. The van der Waals surface area contributed by atoms with Gasteiger partial charge in [0.25, 0.3) is 11.1 Å². The first-order chi connectivity index (χ1) is 12.7. The highest BCUT2D eigenvalue weighted by Crippen LogP contribution is 2.40. The van der Waals surface area contributed by atoms with Gasteiger partial charge in [-0.25, -0.2) is 0 Å². The van der Waals surface area contributed by atoms with E-state index in [1.807, 2.05) is 0 Å². The van der Waals surface area contributed by atoms with Gasteiger partial charge in [0, 0.05) is 6.54 Å². The summed E-state index contributed by atoms with van der Waals surface area (Å²) < 4.78 is 40.4. The fourth-order valence-corrected chi connectivity index (χ4v) is 4.34. The number of hydrogen-bond donors (Lipinski definition) is 0. The molecule has 2 amide bonds. The second-order valence-corrected chi connectivity index (χ2v) is 8.25. The van der Waals surface area contributed by atoms with Crippen LogP contribution < -0.4 is 4.74 Å². The molecule has 1 aromatic rings. The number of rotatable bonds is 4. The van der Waals surface area contributed by atoms with E-state index >= 15 is 0 Å². The molecule has 0 spiro atoms. The molecule has 0 radical (unpaired) electrons. The van der Waals surface area contributed by atoms with Gasteiger partial charge in [-0.3, -0.25) is 14.5 Å². The molecule has 0 bridgehead atoms. The van der Waals surface area contributed by atoms with Crippen LogP contribution in [0.4, 0.5) is 18.0 Å². The number of alkyl halides is 3. The van der Waals surface area contributed by atoms with Gasteiger partial charge in [-0.05, 0) is 53.8 Å². The van der Waals surface area contributed by atoms with Gasteiger partial charge in [-0.2, -0.15) is 0 Å². The molecule has 8 heteroatoms. The van der Waals surface area contributed by atoms with Gasteiger partial charge in [0.2, 0.25) is 0 Å². The summed E-state index contributed by atoms with van der Waals surface area (Å²) in [6, 6.07) is 5.17. The second-order valence-electron chi connectivity index (χ2n) is 7.26. The summed E-state index contributed by atoms with van der Waals surface area (Å²) in [7, 11) is 0. The predicted molar refractivity (Wildman–Crippen MR) is 97.0 cm³/mol. The largest absolute Gasteiger partial charge is 0.573 e. The fraction of sp³-hybridized carbons (Fsp3) is 0.474. The first-order valence-electron chi connectivity index (χ1n) is 8.76. The van der Waals surface area contributed by atoms with Crippen molar-refractivity contribution in [2.24, 2.45) is 5.41 Å². The number of carbonyl (C=O) groups excluding carboxylic acids is 2. The number of benzene rings is 1. The number of carbonyl (C=O) groups is 2. The van der Waals surface area contributed by atoms with Gasteiger partial charge in [0.15, 0.2) is 0 Å². The van der Waals surface area contributed by atoms with Crippen LogP contribution in [0, 0.1) is 5.41 Å². The molecule has 1 saturated carbocycles. The summed E-state index contributed by atoms with van der Waals surface area (Å²) in [5.74, 6) is -0.676. The van der Waals surface area contributed by atoms with Gasteiger partial charge in [0.05, 0.1) is 4.91 Å². The molecule has 2 aliphatic rings. The van der Waals surface area contributed by atoms with Crippen molar-refractivity contribution >= 4 is 29.0 Å². The van der Waals surface area contributed by atoms with Gasteiger partial charge in [-0.1, -0.05) is 38.3 Å². The quantitative estimate of drug-likeness (QED) is 0.619. The molecule has 27 heavy (non-hydrogen) atoms. The van der Waals surface area contributed by atoms with E-state index in [9.17, 15) is 22.8 Å². The average molecular weight is 399 g/mol. The van der Waals surface area contributed by atoms with Crippen molar-refractivity contribution in [2.45, 2.75) is 45.4 Å². The van der Waals surface area contributed by atoms with E-state index in [0.29, 0.717) is 12.1 Å². The van der Waals surface area contributed by atoms with Gasteiger partial charge < -0.3 is 4.74 Å². The number of halogens is 3. The zero-order valence-electron chi connectivity index (χ0n) is 14.8. The molecular weight excluding hydrogens is 379 g/mol. The Kier molecular flexibility index (Phi) is 5.55. The zero-order valence-corrected chi connectivity index (χ0v) is 15.7. The van der Waals surface area contributed by atoms with Crippen molar-refractivity contribution in [2.75, 3.05) is 6.54 Å². The molecule has 3 rings (SSSR count). The summed E-state index contributed by atoms with van der Waals surface area (Å²) in [5, 5.41) is -0.296. The first kappa shape index (κ1) is 19.8. The van der Waals surface area contributed by atoms with Crippen molar-refractivity contribution in [3.05, 3.63) is 34.7 Å². The van der Waals surface area contributed by atoms with E-state index in [1.54, 1.807) is 0 Å².